The Hall–Kier alpha value is -2.45. The highest BCUT2D eigenvalue weighted by Crippen LogP contribution is 2.41. The Bertz CT molecular complexity index is 753. The average molecular weight is 396 g/mol. The lowest BCUT2D eigenvalue weighted by Crippen LogP contribution is -2.45. The van der Waals surface area contributed by atoms with E-state index in [-0.39, 0.29) is 11.8 Å². The molecule has 28 heavy (non-hydrogen) atoms. The number of nitrogens with one attached hydrogen (secondary N) is 1. The first-order valence-electron chi connectivity index (χ1n) is 8.94. The van der Waals surface area contributed by atoms with E-state index in [1.165, 1.54) is 12.1 Å². The van der Waals surface area contributed by atoms with Gasteiger partial charge in [0.1, 0.15) is 17.2 Å². The summed E-state index contributed by atoms with van der Waals surface area (Å²) in [5.41, 5.74) is 1.68. The van der Waals surface area contributed by atoms with Crippen LogP contribution < -0.4 is 19.5 Å². The highest BCUT2D eigenvalue weighted by molar-refractivity contribution is 5.51. The Morgan fingerprint density at radius 1 is 0.929 bits per heavy atom. The van der Waals surface area contributed by atoms with Crippen molar-refractivity contribution in [2.75, 3.05) is 40.4 Å². The van der Waals surface area contributed by atoms with Crippen LogP contribution in [0.3, 0.4) is 0 Å². The van der Waals surface area contributed by atoms with Gasteiger partial charge >= 0.3 is 6.36 Å². The number of alkyl halides is 3. The zero-order valence-electron chi connectivity index (χ0n) is 15.8. The third-order valence-corrected chi connectivity index (χ3v) is 4.69. The van der Waals surface area contributed by atoms with Crippen molar-refractivity contribution in [3.8, 4) is 17.2 Å². The highest BCUT2D eigenvalue weighted by Gasteiger charge is 2.32. The number of ether oxygens (including phenoxy) is 3. The maximum absolute atomic E-state index is 12.5. The van der Waals surface area contributed by atoms with Crippen LogP contribution in [0.1, 0.15) is 17.2 Å². The average Bonchev–Trinajstić information content (AvgIpc) is 2.69. The van der Waals surface area contributed by atoms with Crippen molar-refractivity contribution < 1.29 is 27.4 Å². The van der Waals surface area contributed by atoms with E-state index in [2.05, 4.69) is 15.0 Å². The molecule has 8 heteroatoms. The molecule has 0 radical (unpaired) electrons. The molecule has 1 N–H and O–H groups in total. The van der Waals surface area contributed by atoms with E-state index in [9.17, 15) is 13.2 Å². The number of methoxy groups -OCH3 is 2. The fourth-order valence-electron chi connectivity index (χ4n) is 3.50. The minimum Gasteiger partial charge on any atom is -0.496 e. The SMILES string of the molecule is COc1cccc(OC)c1[C@@H](c1ccc(OC(F)(F)F)cc1)N1CCNCC1. The monoisotopic (exact) mass is 396 g/mol. The minimum absolute atomic E-state index is 0.229. The molecule has 1 saturated heterocycles. The van der Waals surface area contributed by atoms with Crippen molar-refractivity contribution in [3.63, 3.8) is 0 Å². The lowest BCUT2D eigenvalue weighted by molar-refractivity contribution is -0.274. The van der Waals surface area contributed by atoms with E-state index >= 15 is 0 Å². The maximum Gasteiger partial charge on any atom is 0.573 e. The Morgan fingerprint density at radius 2 is 1.50 bits per heavy atom. The molecule has 0 amide bonds. The van der Waals surface area contributed by atoms with Crippen LogP contribution >= 0.6 is 0 Å². The summed E-state index contributed by atoms with van der Waals surface area (Å²) >= 11 is 0. The minimum atomic E-state index is -4.72. The Labute approximate surface area is 162 Å². The Kier molecular flexibility index (Phi) is 6.31. The highest BCUT2D eigenvalue weighted by atomic mass is 19.4. The van der Waals surface area contributed by atoms with Crippen LogP contribution in [0.5, 0.6) is 17.2 Å². The summed E-state index contributed by atoms with van der Waals surface area (Å²) in [6.07, 6.45) is -4.72. The molecule has 5 nitrogen and oxygen atoms in total. The molecule has 1 aliphatic heterocycles. The van der Waals surface area contributed by atoms with Crippen molar-refractivity contribution in [2.24, 2.45) is 0 Å². The number of nitrogens with zero attached hydrogens (tertiary/aromatic N) is 1. The van der Waals surface area contributed by atoms with Crippen LogP contribution in [-0.2, 0) is 0 Å². The van der Waals surface area contributed by atoms with E-state index in [1.807, 2.05) is 18.2 Å². The van der Waals surface area contributed by atoms with Gasteiger partial charge in [0.15, 0.2) is 0 Å². The maximum atomic E-state index is 12.5. The van der Waals surface area contributed by atoms with E-state index in [4.69, 9.17) is 9.47 Å². The van der Waals surface area contributed by atoms with Crippen molar-refractivity contribution >= 4 is 0 Å². The van der Waals surface area contributed by atoms with Crippen molar-refractivity contribution in [1.82, 2.24) is 10.2 Å². The predicted octanol–water partition coefficient (Wildman–Crippen LogP) is 3.60. The number of hydrogen-bond acceptors (Lipinski definition) is 5. The van der Waals surface area contributed by atoms with Crippen molar-refractivity contribution in [3.05, 3.63) is 53.6 Å². The molecule has 0 aliphatic carbocycles. The first kappa shape index (κ1) is 20.3. The molecular weight excluding hydrogens is 373 g/mol. The van der Waals surface area contributed by atoms with Crippen LogP contribution in [0.4, 0.5) is 13.2 Å². The molecule has 1 aliphatic rings. The van der Waals surface area contributed by atoms with Crippen LogP contribution in [0, 0.1) is 0 Å². The number of benzene rings is 2. The normalized spacial score (nSPS) is 16.5. The Balaban J connectivity index is 2.04. The van der Waals surface area contributed by atoms with Gasteiger partial charge in [-0.15, -0.1) is 13.2 Å². The summed E-state index contributed by atoms with van der Waals surface area (Å²) < 4.78 is 52.6. The molecule has 2 aromatic carbocycles. The molecule has 0 saturated carbocycles. The second-order valence-electron chi connectivity index (χ2n) is 6.38. The first-order valence-corrected chi connectivity index (χ1v) is 8.94. The molecular formula is C20H23F3N2O3. The summed E-state index contributed by atoms with van der Waals surface area (Å²) in [7, 11) is 3.18. The van der Waals surface area contributed by atoms with Crippen LogP contribution in [-0.4, -0.2) is 51.7 Å². The number of hydrogen-bond donors (Lipinski definition) is 1. The summed E-state index contributed by atoms with van der Waals surface area (Å²) in [4.78, 5) is 2.26. The molecule has 2 aromatic rings. The number of halogens is 3. The Morgan fingerprint density at radius 3 is 2.00 bits per heavy atom. The van der Waals surface area contributed by atoms with E-state index in [1.54, 1.807) is 26.4 Å². The third kappa shape index (κ3) is 4.69. The van der Waals surface area contributed by atoms with Crippen molar-refractivity contribution in [2.45, 2.75) is 12.4 Å². The van der Waals surface area contributed by atoms with Gasteiger partial charge in [-0.3, -0.25) is 4.90 Å². The number of rotatable bonds is 6. The lowest BCUT2D eigenvalue weighted by atomic mass is 9.94. The molecule has 1 atom stereocenters. The number of piperazine rings is 1. The third-order valence-electron chi connectivity index (χ3n) is 4.69. The van der Waals surface area contributed by atoms with Crippen LogP contribution in [0.25, 0.3) is 0 Å². The molecule has 1 heterocycles. The fraction of sp³-hybridized carbons (Fsp3) is 0.400. The summed E-state index contributed by atoms with van der Waals surface area (Å²) in [6, 6.07) is 11.3. The van der Waals surface area contributed by atoms with Gasteiger partial charge in [0.25, 0.3) is 0 Å². The second-order valence-corrected chi connectivity index (χ2v) is 6.38. The molecule has 152 valence electrons. The molecule has 0 unspecified atom stereocenters. The van der Waals surface area contributed by atoms with Gasteiger partial charge in [0, 0.05) is 26.2 Å². The van der Waals surface area contributed by atoms with Crippen LogP contribution in [0.15, 0.2) is 42.5 Å². The van der Waals surface area contributed by atoms with E-state index < -0.39 is 6.36 Å². The predicted molar refractivity (Wildman–Crippen MR) is 99.0 cm³/mol. The molecule has 0 spiro atoms. The summed E-state index contributed by atoms with van der Waals surface area (Å²) in [5, 5.41) is 3.32. The smallest absolute Gasteiger partial charge is 0.496 e. The summed E-state index contributed by atoms with van der Waals surface area (Å²) in [5.74, 6) is 1.08. The zero-order valence-corrected chi connectivity index (χ0v) is 15.8. The van der Waals surface area contributed by atoms with E-state index in [0.717, 1.165) is 37.3 Å². The quantitative estimate of drug-likeness (QED) is 0.808. The van der Waals surface area contributed by atoms with Crippen molar-refractivity contribution in [1.29, 1.82) is 0 Å². The molecule has 0 aromatic heterocycles. The van der Waals surface area contributed by atoms with E-state index in [0.29, 0.717) is 11.5 Å². The first-order chi connectivity index (χ1) is 13.4. The molecule has 1 fully saturated rings. The zero-order chi connectivity index (χ0) is 20.1. The topological polar surface area (TPSA) is 43.0 Å². The lowest BCUT2D eigenvalue weighted by Gasteiger charge is -2.36. The second kappa shape index (κ2) is 8.70. The van der Waals surface area contributed by atoms with Gasteiger partial charge in [-0.1, -0.05) is 18.2 Å². The van der Waals surface area contributed by atoms with Gasteiger partial charge in [-0.2, -0.15) is 0 Å². The fourth-order valence-corrected chi connectivity index (χ4v) is 3.50. The van der Waals surface area contributed by atoms with Crippen LogP contribution in [0.2, 0.25) is 0 Å². The van der Waals surface area contributed by atoms with Gasteiger partial charge < -0.3 is 19.5 Å². The van der Waals surface area contributed by atoms with Gasteiger partial charge in [-0.05, 0) is 29.8 Å². The largest absolute Gasteiger partial charge is 0.573 e. The molecule has 3 rings (SSSR count). The molecule has 0 bridgehead atoms. The van der Waals surface area contributed by atoms with Gasteiger partial charge in [0.2, 0.25) is 0 Å². The summed E-state index contributed by atoms with van der Waals surface area (Å²) in [6.45, 7) is 3.21. The van der Waals surface area contributed by atoms with Gasteiger partial charge in [0.05, 0.1) is 25.8 Å². The van der Waals surface area contributed by atoms with Gasteiger partial charge in [-0.25, -0.2) is 0 Å². The standard InChI is InChI=1S/C20H23F3N2O3/c1-26-16-4-3-5-17(27-2)18(16)19(25-12-10-24-11-13-25)14-6-8-15(9-7-14)28-20(21,22)23/h3-9,19,24H,10-13H2,1-2H3/t19-/m1/s1.